The molecule has 0 aliphatic rings. The van der Waals surface area contributed by atoms with Crippen LogP contribution in [0.1, 0.15) is 17.2 Å². The number of nitrogens with one attached hydrogen (secondary N) is 1. The molecule has 0 amide bonds. The SMILES string of the molecule is Cc1ccc(NC(CO)c2cc(Cl)ccc2F)cc1. The van der Waals surface area contributed by atoms with E-state index in [1.165, 1.54) is 18.2 Å². The van der Waals surface area contributed by atoms with Gasteiger partial charge in [-0.25, -0.2) is 4.39 Å². The average molecular weight is 280 g/mol. The first-order chi connectivity index (χ1) is 9.10. The summed E-state index contributed by atoms with van der Waals surface area (Å²) in [7, 11) is 0. The maximum absolute atomic E-state index is 13.8. The molecule has 19 heavy (non-hydrogen) atoms. The number of halogens is 2. The van der Waals surface area contributed by atoms with Crippen LogP contribution < -0.4 is 5.32 Å². The van der Waals surface area contributed by atoms with Crippen molar-refractivity contribution < 1.29 is 9.50 Å². The minimum atomic E-state index is -0.526. The highest BCUT2D eigenvalue weighted by atomic mass is 35.5. The third kappa shape index (κ3) is 3.46. The second-order valence-electron chi connectivity index (χ2n) is 4.41. The highest BCUT2D eigenvalue weighted by molar-refractivity contribution is 6.30. The summed E-state index contributed by atoms with van der Waals surface area (Å²) in [5.41, 5.74) is 2.32. The van der Waals surface area contributed by atoms with E-state index in [-0.39, 0.29) is 12.4 Å². The minimum Gasteiger partial charge on any atom is -0.394 e. The molecule has 2 nitrogen and oxygen atoms in total. The Hall–Kier alpha value is -1.58. The Morgan fingerprint density at radius 3 is 2.53 bits per heavy atom. The average Bonchev–Trinajstić information content (AvgIpc) is 2.41. The van der Waals surface area contributed by atoms with Crippen LogP contribution in [0.15, 0.2) is 42.5 Å². The van der Waals surface area contributed by atoms with E-state index in [1.807, 2.05) is 31.2 Å². The number of rotatable bonds is 4. The van der Waals surface area contributed by atoms with Crippen molar-refractivity contribution >= 4 is 17.3 Å². The summed E-state index contributed by atoms with van der Waals surface area (Å²) >= 11 is 5.87. The summed E-state index contributed by atoms with van der Waals surface area (Å²) in [5.74, 6) is -0.386. The largest absolute Gasteiger partial charge is 0.394 e. The van der Waals surface area contributed by atoms with E-state index in [9.17, 15) is 9.50 Å². The normalized spacial score (nSPS) is 12.2. The molecular formula is C15H15ClFNO. The Labute approximate surface area is 116 Å². The molecule has 0 radical (unpaired) electrons. The van der Waals surface area contributed by atoms with E-state index in [4.69, 9.17) is 11.6 Å². The van der Waals surface area contributed by atoms with Crippen molar-refractivity contribution in [3.05, 3.63) is 64.4 Å². The molecule has 1 unspecified atom stereocenters. The van der Waals surface area contributed by atoms with Crippen LogP contribution in [0, 0.1) is 12.7 Å². The van der Waals surface area contributed by atoms with Gasteiger partial charge in [0.2, 0.25) is 0 Å². The van der Waals surface area contributed by atoms with Gasteiger partial charge in [-0.15, -0.1) is 0 Å². The van der Waals surface area contributed by atoms with Gasteiger partial charge in [-0.3, -0.25) is 0 Å². The van der Waals surface area contributed by atoms with Crippen molar-refractivity contribution in [2.75, 3.05) is 11.9 Å². The standard InChI is InChI=1S/C15H15ClFNO/c1-10-2-5-12(6-3-10)18-15(9-19)13-8-11(16)4-7-14(13)17/h2-8,15,18-19H,9H2,1H3. The van der Waals surface area contributed by atoms with Crippen LogP contribution in [0.2, 0.25) is 5.02 Å². The van der Waals surface area contributed by atoms with Crippen LogP contribution in [0.5, 0.6) is 0 Å². The van der Waals surface area contributed by atoms with Crippen molar-refractivity contribution in [1.82, 2.24) is 0 Å². The first-order valence-electron chi connectivity index (χ1n) is 5.99. The Morgan fingerprint density at radius 1 is 1.21 bits per heavy atom. The molecule has 2 aromatic rings. The fourth-order valence-corrected chi connectivity index (χ4v) is 2.03. The molecule has 4 heteroatoms. The zero-order chi connectivity index (χ0) is 13.8. The number of benzene rings is 2. The highest BCUT2D eigenvalue weighted by Crippen LogP contribution is 2.24. The lowest BCUT2D eigenvalue weighted by molar-refractivity contribution is 0.274. The van der Waals surface area contributed by atoms with Crippen LogP contribution in [0.25, 0.3) is 0 Å². The molecule has 0 aliphatic heterocycles. The van der Waals surface area contributed by atoms with Crippen molar-refractivity contribution in [3.8, 4) is 0 Å². The molecule has 0 saturated heterocycles. The van der Waals surface area contributed by atoms with Gasteiger partial charge in [-0.2, -0.15) is 0 Å². The van der Waals surface area contributed by atoms with Gasteiger partial charge in [-0.1, -0.05) is 29.3 Å². The molecule has 0 fully saturated rings. The number of hydrogen-bond donors (Lipinski definition) is 2. The monoisotopic (exact) mass is 279 g/mol. The topological polar surface area (TPSA) is 32.3 Å². The van der Waals surface area contributed by atoms with E-state index in [0.717, 1.165) is 11.3 Å². The lowest BCUT2D eigenvalue weighted by Crippen LogP contribution is -2.16. The summed E-state index contributed by atoms with van der Waals surface area (Å²) < 4.78 is 13.8. The number of aryl methyl sites for hydroxylation is 1. The second kappa shape index (κ2) is 6.04. The molecule has 0 aromatic heterocycles. The van der Waals surface area contributed by atoms with Crippen LogP contribution in [-0.2, 0) is 0 Å². The molecule has 0 spiro atoms. The minimum absolute atomic E-state index is 0.217. The predicted octanol–water partition coefficient (Wildman–Crippen LogP) is 3.93. The van der Waals surface area contributed by atoms with Gasteiger partial charge < -0.3 is 10.4 Å². The second-order valence-corrected chi connectivity index (χ2v) is 4.85. The zero-order valence-corrected chi connectivity index (χ0v) is 11.3. The molecule has 0 bridgehead atoms. The van der Waals surface area contributed by atoms with E-state index in [1.54, 1.807) is 0 Å². The number of aliphatic hydroxyl groups is 1. The van der Waals surface area contributed by atoms with Crippen molar-refractivity contribution in [1.29, 1.82) is 0 Å². The van der Waals surface area contributed by atoms with Crippen LogP contribution >= 0.6 is 11.6 Å². The van der Waals surface area contributed by atoms with Crippen LogP contribution in [-0.4, -0.2) is 11.7 Å². The molecule has 2 aromatic carbocycles. The Morgan fingerprint density at radius 2 is 1.89 bits per heavy atom. The first-order valence-corrected chi connectivity index (χ1v) is 6.37. The van der Waals surface area contributed by atoms with Gasteiger partial charge in [0.05, 0.1) is 12.6 Å². The molecular weight excluding hydrogens is 265 g/mol. The van der Waals surface area contributed by atoms with Crippen LogP contribution in [0.4, 0.5) is 10.1 Å². The van der Waals surface area contributed by atoms with Crippen molar-refractivity contribution in [2.24, 2.45) is 0 Å². The first kappa shape index (κ1) is 13.8. The summed E-state index contributed by atoms with van der Waals surface area (Å²) in [6.45, 7) is 1.77. The van der Waals surface area contributed by atoms with Gasteiger partial charge in [0, 0.05) is 16.3 Å². The fourth-order valence-electron chi connectivity index (χ4n) is 1.85. The zero-order valence-electron chi connectivity index (χ0n) is 10.5. The van der Waals surface area contributed by atoms with E-state index in [0.29, 0.717) is 10.6 Å². The van der Waals surface area contributed by atoms with Crippen molar-refractivity contribution in [3.63, 3.8) is 0 Å². The highest BCUT2D eigenvalue weighted by Gasteiger charge is 2.15. The third-order valence-corrected chi connectivity index (χ3v) is 3.14. The van der Waals surface area contributed by atoms with Gasteiger partial charge in [0.25, 0.3) is 0 Å². The molecule has 2 N–H and O–H groups in total. The molecule has 0 heterocycles. The summed E-state index contributed by atoms with van der Waals surface area (Å²) in [4.78, 5) is 0. The maximum Gasteiger partial charge on any atom is 0.128 e. The smallest absolute Gasteiger partial charge is 0.128 e. The third-order valence-electron chi connectivity index (χ3n) is 2.91. The van der Waals surface area contributed by atoms with Gasteiger partial charge >= 0.3 is 0 Å². The van der Waals surface area contributed by atoms with Crippen molar-refractivity contribution in [2.45, 2.75) is 13.0 Å². The molecule has 0 saturated carbocycles. The predicted molar refractivity (Wildman–Crippen MR) is 76.0 cm³/mol. The van der Waals surface area contributed by atoms with Gasteiger partial charge in [0.15, 0.2) is 0 Å². The quantitative estimate of drug-likeness (QED) is 0.889. The van der Waals surface area contributed by atoms with E-state index >= 15 is 0 Å². The molecule has 2 rings (SSSR count). The lowest BCUT2D eigenvalue weighted by Gasteiger charge is -2.19. The summed E-state index contributed by atoms with van der Waals surface area (Å²) in [6.07, 6.45) is 0. The number of anilines is 1. The lowest BCUT2D eigenvalue weighted by atomic mass is 10.1. The summed E-state index contributed by atoms with van der Waals surface area (Å²) in [6, 6.07) is 11.5. The maximum atomic E-state index is 13.8. The summed E-state index contributed by atoms with van der Waals surface area (Å²) in [5, 5.41) is 13.0. The number of aliphatic hydroxyl groups excluding tert-OH is 1. The molecule has 100 valence electrons. The van der Waals surface area contributed by atoms with E-state index < -0.39 is 6.04 Å². The van der Waals surface area contributed by atoms with Crippen LogP contribution in [0.3, 0.4) is 0 Å². The van der Waals surface area contributed by atoms with Gasteiger partial charge in [0.1, 0.15) is 5.82 Å². The van der Waals surface area contributed by atoms with Gasteiger partial charge in [-0.05, 0) is 37.3 Å². The Balaban J connectivity index is 2.24. The molecule has 1 atom stereocenters. The molecule has 0 aliphatic carbocycles. The Kier molecular flexibility index (Phi) is 4.40. The number of hydrogen-bond acceptors (Lipinski definition) is 2. The fraction of sp³-hybridized carbons (Fsp3) is 0.200. The Bertz CT molecular complexity index is 557. The van der Waals surface area contributed by atoms with E-state index in [2.05, 4.69) is 5.32 Å².